The lowest BCUT2D eigenvalue weighted by Crippen LogP contribution is -2.45. The fourth-order valence-electron chi connectivity index (χ4n) is 1.40. The molecule has 0 aliphatic carbocycles. The molecule has 0 amide bonds. The van der Waals surface area contributed by atoms with Gasteiger partial charge in [0, 0.05) is 10.7 Å². The number of hydrogen-bond donors (Lipinski definition) is 1. The highest BCUT2D eigenvalue weighted by Gasteiger charge is 2.28. The number of hydrogen-bond acceptors (Lipinski definition) is 5. The van der Waals surface area contributed by atoms with Crippen LogP contribution in [0.2, 0.25) is 0 Å². The molecular formula is C12H17BrN2O2S. The summed E-state index contributed by atoms with van der Waals surface area (Å²) in [6.45, 7) is 1.70. The number of rotatable bonds is 6. The van der Waals surface area contributed by atoms with Crippen LogP contribution in [-0.2, 0) is 9.53 Å². The zero-order chi connectivity index (χ0) is 13.6. The molecule has 4 nitrogen and oxygen atoms in total. The lowest BCUT2D eigenvalue weighted by Gasteiger charge is -2.20. The first-order valence-electron chi connectivity index (χ1n) is 5.57. The quantitative estimate of drug-likeness (QED) is 0.492. The number of pyridine rings is 1. The van der Waals surface area contributed by atoms with Crippen LogP contribution in [0.3, 0.4) is 0 Å². The van der Waals surface area contributed by atoms with Crippen molar-refractivity contribution < 1.29 is 9.53 Å². The molecule has 0 aromatic carbocycles. The summed E-state index contributed by atoms with van der Waals surface area (Å²) >= 11 is 4.99. The van der Waals surface area contributed by atoms with E-state index in [9.17, 15) is 4.79 Å². The molecule has 1 aromatic rings. The van der Waals surface area contributed by atoms with Crippen LogP contribution in [0.4, 0.5) is 0 Å². The molecule has 0 bridgehead atoms. The van der Waals surface area contributed by atoms with Crippen LogP contribution >= 0.6 is 27.7 Å². The Morgan fingerprint density at radius 3 is 2.89 bits per heavy atom. The predicted molar refractivity (Wildman–Crippen MR) is 76.5 cm³/mol. The number of nitrogens with two attached hydrogens (primary N) is 1. The second-order valence-electron chi connectivity index (χ2n) is 4.18. The number of ether oxygens (including phenoxy) is 1. The summed E-state index contributed by atoms with van der Waals surface area (Å²) in [5.41, 5.74) is 4.96. The maximum Gasteiger partial charge on any atom is 0.325 e. The smallest absolute Gasteiger partial charge is 0.325 e. The van der Waals surface area contributed by atoms with Crippen LogP contribution in [-0.4, -0.2) is 29.4 Å². The van der Waals surface area contributed by atoms with E-state index in [1.54, 1.807) is 24.9 Å². The van der Waals surface area contributed by atoms with E-state index >= 15 is 0 Å². The van der Waals surface area contributed by atoms with Crippen molar-refractivity contribution in [3.05, 3.63) is 22.8 Å². The average molecular weight is 333 g/mol. The Balaban J connectivity index is 2.30. The predicted octanol–water partition coefficient (Wildman–Crippen LogP) is 2.61. The van der Waals surface area contributed by atoms with Gasteiger partial charge in [0.2, 0.25) is 0 Å². The Labute approximate surface area is 120 Å². The molecule has 1 atom stereocenters. The zero-order valence-corrected chi connectivity index (χ0v) is 12.9. The third kappa shape index (κ3) is 4.96. The van der Waals surface area contributed by atoms with E-state index in [2.05, 4.69) is 25.7 Å². The van der Waals surface area contributed by atoms with Crippen LogP contribution in [0.15, 0.2) is 27.8 Å². The largest absolute Gasteiger partial charge is 0.468 e. The van der Waals surface area contributed by atoms with Crippen molar-refractivity contribution in [3.63, 3.8) is 0 Å². The normalized spacial score (nSPS) is 14.0. The molecule has 6 heteroatoms. The fraction of sp³-hybridized carbons (Fsp3) is 0.500. The number of thioether (sulfide) groups is 1. The van der Waals surface area contributed by atoms with Gasteiger partial charge in [-0.05, 0) is 53.6 Å². The van der Waals surface area contributed by atoms with E-state index in [0.29, 0.717) is 6.42 Å². The van der Waals surface area contributed by atoms with Gasteiger partial charge in [-0.1, -0.05) is 0 Å². The van der Waals surface area contributed by atoms with Crippen LogP contribution in [0.1, 0.15) is 19.8 Å². The van der Waals surface area contributed by atoms with Crippen molar-refractivity contribution in [2.75, 3.05) is 12.9 Å². The number of halogens is 1. The van der Waals surface area contributed by atoms with E-state index in [1.165, 1.54) is 7.11 Å². The van der Waals surface area contributed by atoms with E-state index in [4.69, 9.17) is 5.73 Å². The molecule has 18 heavy (non-hydrogen) atoms. The molecule has 0 saturated heterocycles. The molecule has 0 radical (unpaired) electrons. The third-order valence-electron chi connectivity index (χ3n) is 2.44. The van der Waals surface area contributed by atoms with Crippen LogP contribution < -0.4 is 5.73 Å². The summed E-state index contributed by atoms with van der Waals surface area (Å²) in [5.74, 6) is 0.507. The molecule has 0 fully saturated rings. The van der Waals surface area contributed by atoms with Crippen molar-refractivity contribution in [2.45, 2.75) is 30.3 Å². The Hall–Kier alpha value is -0.590. The van der Waals surface area contributed by atoms with Crippen molar-refractivity contribution in [1.29, 1.82) is 0 Å². The van der Waals surface area contributed by atoms with Crippen LogP contribution in [0, 0.1) is 0 Å². The molecule has 2 N–H and O–H groups in total. The van der Waals surface area contributed by atoms with E-state index in [-0.39, 0.29) is 5.97 Å². The number of carbonyl (C=O) groups is 1. The molecule has 0 saturated carbocycles. The second-order valence-corrected chi connectivity index (χ2v) is 6.21. The van der Waals surface area contributed by atoms with E-state index in [1.807, 2.05) is 12.1 Å². The Kier molecular flexibility index (Phi) is 6.11. The lowest BCUT2D eigenvalue weighted by atomic mass is 9.98. The highest BCUT2D eigenvalue weighted by atomic mass is 79.9. The van der Waals surface area contributed by atoms with Crippen molar-refractivity contribution in [2.24, 2.45) is 5.73 Å². The van der Waals surface area contributed by atoms with Crippen molar-refractivity contribution in [1.82, 2.24) is 4.98 Å². The number of carbonyl (C=O) groups excluding carboxylic acids is 1. The molecule has 0 spiro atoms. The van der Waals surface area contributed by atoms with Crippen molar-refractivity contribution in [3.8, 4) is 0 Å². The van der Waals surface area contributed by atoms with Gasteiger partial charge in [0.1, 0.15) is 5.54 Å². The topological polar surface area (TPSA) is 65.2 Å². The number of nitrogens with zero attached hydrogens (tertiary/aromatic N) is 1. The maximum atomic E-state index is 11.4. The fourth-order valence-corrected chi connectivity index (χ4v) is 2.42. The first-order valence-corrected chi connectivity index (χ1v) is 7.35. The average Bonchev–Trinajstić information content (AvgIpc) is 2.35. The molecule has 1 heterocycles. The maximum absolute atomic E-state index is 11.4. The Morgan fingerprint density at radius 1 is 1.61 bits per heavy atom. The van der Waals surface area contributed by atoms with Gasteiger partial charge in [-0.2, -0.15) is 0 Å². The SMILES string of the molecule is COC(=O)C(C)(N)CCCSc1ccc(Br)cn1. The van der Waals surface area contributed by atoms with E-state index in [0.717, 1.165) is 21.7 Å². The van der Waals surface area contributed by atoms with Crippen LogP contribution in [0.5, 0.6) is 0 Å². The van der Waals surface area contributed by atoms with Crippen LogP contribution in [0.25, 0.3) is 0 Å². The van der Waals surface area contributed by atoms with Crippen molar-refractivity contribution >= 4 is 33.7 Å². The first-order chi connectivity index (χ1) is 8.45. The minimum Gasteiger partial charge on any atom is -0.468 e. The first kappa shape index (κ1) is 15.5. The standard InChI is InChI=1S/C12H17BrN2O2S/c1-12(14,11(16)17-2)6-3-7-18-10-5-4-9(13)8-15-10/h4-5,8H,3,6-7,14H2,1-2H3. The highest BCUT2D eigenvalue weighted by Crippen LogP contribution is 2.20. The van der Waals surface area contributed by atoms with Gasteiger partial charge in [0.05, 0.1) is 12.1 Å². The lowest BCUT2D eigenvalue weighted by molar-refractivity contribution is -0.146. The molecule has 0 aliphatic rings. The summed E-state index contributed by atoms with van der Waals surface area (Å²) in [4.78, 5) is 15.6. The number of esters is 1. The summed E-state index contributed by atoms with van der Waals surface area (Å²) in [6, 6.07) is 3.91. The summed E-state index contributed by atoms with van der Waals surface area (Å²) in [5, 5.41) is 0.968. The number of aromatic nitrogens is 1. The minimum atomic E-state index is -0.900. The summed E-state index contributed by atoms with van der Waals surface area (Å²) in [7, 11) is 1.36. The summed E-state index contributed by atoms with van der Waals surface area (Å²) < 4.78 is 5.62. The molecule has 1 unspecified atom stereocenters. The highest BCUT2D eigenvalue weighted by molar-refractivity contribution is 9.10. The number of methoxy groups -OCH3 is 1. The monoisotopic (exact) mass is 332 g/mol. The Bertz CT molecular complexity index is 396. The Morgan fingerprint density at radius 2 is 2.33 bits per heavy atom. The molecule has 1 aromatic heterocycles. The van der Waals surface area contributed by atoms with Gasteiger partial charge in [-0.3, -0.25) is 4.79 Å². The third-order valence-corrected chi connectivity index (χ3v) is 3.94. The van der Waals surface area contributed by atoms with Gasteiger partial charge < -0.3 is 10.5 Å². The molecule has 100 valence electrons. The molecule has 0 aliphatic heterocycles. The van der Waals surface area contributed by atoms with Gasteiger partial charge in [0.15, 0.2) is 0 Å². The van der Waals surface area contributed by atoms with Gasteiger partial charge in [0.25, 0.3) is 0 Å². The molecular weight excluding hydrogens is 316 g/mol. The molecule has 1 rings (SSSR count). The van der Waals surface area contributed by atoms with E-state index < -0.39 is 5.54 Å². The zero-order valence-electron chi connectivity index (χ0n) is 10.5. The second kappa shape index (κ2) is 7.11. The summed E-state index contributed by atoms with van der Waals surface area (Å²) in [6.07, 6.45) is 3.21. The minimum absolute atomic E-state index is 0.366. The van der Waals surface area contributed by atoms with Gasteiger partial charge in [-0.15, -0.1) is 11.8 Å². The van der Waals surface area contributed by atoms with Gasteiger partial charge in [-0.25, -0.2) is 4.98 Å². The van der Waals surface area contributed by atoms with Gasteiger partial charge >= 0.3 is 5.97 Å².